The van der Waals surface area contributed by atoms with Gasteiger partial charge in [-0.1, -0.05) is 23.7 Å². The van der Waals surface area contributed by atoms with Gasteiger partial charge in [0.1, 0.15) is 10.8 Å². The molecular formula is C22H18ClN5OS. The van der Waals surface area contributed by atoms with Crippen molar-refractivity contribution in [3.05, 3.63) is 86.5 Å². The Hall–Kier alpha value is -2.87. The number of thiazole rings is 1. The molecule has 0 saturated heterocycles. The average Bonchev–Trinajstić information content (AvgIpc) is 3.23. The third-order valence-corrected chi connectivity index (χ3v) is 6.39. The number of benzene rings is 1. The van der Waals surface area contributed by atoms with Gasteiger partial charge in [-0.05, 0) is 24.3 Å². The van der Waals surface area contributed by atoms with Gasteiger partial charge in [0.25, 0.3) is 5.56 Å². The second-order valence-corrected chi connectivity index (χ2v) is 8.73. The van der Waals surface area contributed by atoms with Crippen molar-refractivity contribution in [2.24, 2.45) is 0 Å². The van der Waals surface area contributed by atoms with Crippen molar-refractivity contribution in [3.8, 4) is 22.0 Å². The lowest BCUT2D eigenvalue weighted by Crippen LogP contribution is -2.35. The first-order valence-corrected chi connectivity index (χ1v) is 10.8. The Labute approximate surface area is 182 Å². The molecule has 0 spiro atoms. The normalized spacial score (nSPS) is 13.9. The van der Waals surface area contributed by atoms with Gasteiger partial charge in [-0.2, -0.15) is 0 Å². The highest BCUT2D eigenvalue weighted by molar-refractivity contribution is 7.15. The first kappa shape index (κ1) is 19.1. The highest BCUT2D eigenvalue weighted by Crippen LogP contribution is 2.28. The number of H-pyrrole nitrogens is 1. The summed E-state index contributed by atoms with van der Waals surface area (Å²) in [4.78, 5) is 32.4. The van der Waals surface area contributed by atoms with E-state index in [4.69, 9.17) is 16.6 Å². The number of rotatable bonds is 4. The van der Waals surface area contributed by atoms with Crippen LogP contribution >= 0.6 is 22.9 Å². The van der Waals surface area contributed by atoms with E-state index < -0.39 is 0 Å². The molecule has 0 saturated carbocycles. The van der Waals surface area contributed by atoms with E-state index in [9.17, 15) is 4.79 Å². The van der Waals surface area contributed by atoms with Crippen LogP contribution in [0.5, 0.6) is 0 Å². The molecule has 0 amide bonds. The van der Waals surface area contributed by atoms with Crippen molar-refractivity contribution < 1.29 is 0 Å². The van der Waals surface area contributed by atoms with Gasteiger partial charge in [0, 0.05) is 65.7 Å². The van der Waals surface area contributed by atoms with Crippen LogP contribution in [0, 0.1) is 0 Å². The van der Waals surface area contributed by atoms with Gasteiger partial charge in [-0.15, -0.1) is 11.3 Å². The maximum atomic E-state index is 12.7. The molecule has 1 aliphatic rings. The maximum Gasteiger partial charge on any atom is 0.255 e. The Morgan fingerprint density at radius 2 is 2.00 bits per heavy atom. The molecule has 5 rings (SSSR count). The Morgan fingerprint density at radius 3 is 2.80 bits per heavy atom. The summed E-state index contributed by atoms with van der Waals surface area (Å²) in [5.74, 6) is 0.579. The summed E-state index contributed by atoms with van der Waals surface area (Å²) in [6.45, 7) is 2.19. The van der Waals surface area contributed by atoms with Gasteiger partial charge in [0.05, 0.1) is 11.3 Å². The predicted octanol–water partition coefficient (Wildman–Crippen LogP) is 4.17. The fourth-order valence-corrected chi connectivity index (χ4v) is 4.67. The van der Waals surface area contributed by atoms with E-state index in [1.165, 1.54) is 4.88 Å². The number of halogens is 1. The molecule has 0 radical (unpaired) electrons. The minimum absolute atomic E-state index is 0.0743. The Bertz CT molecular complexity index is 1240. The van der Waals surface area contributed by atoms with E-state index in [1.807, 2.05) is 42.6 Å². The standard InChI is InChI=1S/C22H18ClN5OS/c23-16-5-3-14(4-6-16)22-25-11-17(30-22)12-28-9-7-19-18(13-28)21(29)27-20(26-19)15-2-1-8-24-10-15/h1-6,8,10-11H,7,9,12-13H2,(H,26,27,29). The third-order valence-electron chi connectivity index (χ3n) is 5.11. The lowest BCUT2D eigenvalue weighted by atomic mass is 10.1. The van der Waals surface area contributed by atoms with E-state index in [1.54, 1.807) is 23.7 Å². The van der Waals surface area contributed by atoms with Crippen molar-refractivity contribution in [1.82, 2.24) is 24.8 Å². The number of nitrogens with one attached hydrogen (secondary N) is 1. The molecule has 0 unspecified atom stereocenters. The summed E-state index contributed by atoms with van der Waals surface area (Å²) in [5.41, 5.74) is 3.42. The molecule has 4 heterocycles. The largest absolute Gasteiger partial charge is 0.306 e. The van der Waals surface area contributed by atoms with Gasteiger partial charge in [0.15, 0.2) is 0 Å². The molecule has 0 fully saturated rings. The van der Waals surface area contributed by atoms with Crippen molar-refractivity contribution in [3.63, 3.8) is 0 Å². The van der Waals surface area contributed by atoms with Crippen LogP contribution in [0.15, 0.2) is 59.8 Å². The maximum absolute atomic E-state index is 12.7. The van der Waals surface area contributed by atoms with Crippen molar-refractivity contribution in [2.45, 2.75) is 19.5 Å². The topological polar surface area (TPSA) is 74.8 Å². The number of aromatic nitrogens is 4. The molecular weight excluding hydrogens is 418 g/mol. The second-order valence-electron chi connectivity index (χ2n) is 7.18. The van der Waals surface area contributed by atoms with E-state index in [2.05, 4.69) is 19.9 Å². The summed E-state index contributed by atoms with van der Waals surface area (Å²) in [7, 11) is 0. The van der Waals surface area contributed by atoms with Crippen LogP contribution in [-0.4, -0.2) is 31.4 Å². The van der Waals surface area contributed by atoms with Crippen molar-refractivity contribution >= 4 is 22.9 Å². The summed E-state index contributed by atoms with van der Waals surface area (Å²) >= 11 is 7.64. The smallest absolute Gasteiger partial charge is 0.255 e. The van der Waals surface area contributed by atoms with Gasteiger partial charge in [-0.25, -0.2) is 9.97 Å². The Morgan fingerprint density at radius 1 is 1.13 bits per heavy atom. The van der Waals surface area contributed by atoms with Crippen molar-refractivity contribution in [2.75, 3.05) is 6.54 Å². The highest BCUT2D eigenvalue weighted by Gasteiger charge is 2.22. The number of hydrogen-bond donors (Lipinski definition) is 1. The molecule has 30 heavy (non-hydrogen) atoms. The SMILES string of the molecule is O=c1[nH]c(-c2cccnc2)nc2c1CN(Cc1cnc(-c3ccc(Cl)cc3)s1)CC2. The van der Waals surface area contributed by atoms with Crippen molar-refractivity contribution in [1.29, 1.82) is 0 Å². The van der Waals surface area contributed by atoms with E-state index in [0.29, 0.717) is 17.4 Å². The molecule has 1 aromatic carbocycles. The van der Waals surface area contributed by atoms with Crippen LogP contribution < -0.4 is 5.56 Å². The molecule has 1 aliphatic heterocycles. The molecule has 4 aromatic rings. The quantitative estimate of drug-likeness (QED) is 0.520. The minimum Gasteiger partial charge on any atom is -0.306 e. The Balaban J connectivity index is 1.33. The Kier molecular flexibility index (Phi) is 5.16. The number of hydrogen-bond acceptors (Lipinski definition) is 6. The minimum atomic E-state index is -0.0743. The van der Waals surface area contributed by atoms with E-state index in [0.717, 1.165) is 46.9 Å². The fourth-order valence-electron chi connectivity index (χ4n) is 3.58. The third kappa shape index (κ3) is 3.92. The highest BCUT2D eigenvalue weighted by atomic mass is 35.5. The monoisotopic (exact) mass is 435 g/mol. The van der Waals surface area contributed by atoms with Gasteiger partial charge >= 0.3 is 0 Å². The zero-order chi connectivity index (χ0) is 20.5. The first-order valence-electron chi connectivity index (χ1n) is 9.61. The molecule has 0 bridgehead atoms. The van der Waals surface area contributed by atoms with Crippen LogP contribution in [-0.2, 0) is 19.5 Å². The fraction of sp³-hybridized carbons (Fsp3) is 0.182. The summed E-state index contributed by atoms with van der Waals surface area (Å²) < 4.78 is 0. The summed E-state index contributed by atoms with van der Waals surface area (Å²) in [6.07, 6.45) is 6.07. The molecule has 8 heteroatoms. The molecule has 0 aliphatic carbocycles. The predicted molar refractivity (Wildman–Crippen MR) is 118 cm³/mol. The lowest BCUT2D eigenvalue weighted by Gasteiger charge is -2.27. The molecule has 6 nitrogen and oxygen atoms in total. The second kappa shape index (κ2) is 8.10. The molecule has 150 valence electrons. The first-order chi connectivity index (χ1) is 14.7. The van der Waals surface area contributed by atoms with Gasteiger partial charge in [-0.3, -0.25) is 14.7 Å². The van der Waals surface area contributed by atoms with Crippen LogP contribution in [0.25, 0.3) is 22.0 Å². The number of nitrogens with zero attached hydrogens (tertiary/aromatic N) is 4. The molecule has 1 N–H and O–H groups in total. The van der Waals surface area contributed by atoms with Crippen LogP contribution in [0.2, 0.25) is 5.02 Å². The molecule has 3 aromatic heterocycles. The molecule has 0 atom stereocenters. The average molecular weight is 436 g/mol. The zero-order valence-electron chi connectivity index (χ0n) is 16.0. The van der Waals surface area contributed by atoms with Crippen LogP contribution in [0.1, 0.15) is 16.1 Å². The number of fused-ring (bicyclic) bond motifs is 1. The zero-order valence-corrected chi connectivity index (χ0v) is 17.6. The van der Waals surface area contributed by atoms with Crippen LogP contribution in [0.3, 0.4) is 0 Å². The van der Waals surface area contributed by atoms with Gasteiger partial charge in [0.2, 0.25) is 0 Å². The van der Waals surface area contributed by atoms with Crippen LogP contribution in [0.4, 0.5) is 0 Å². The van der Waals surface area contributed by atoms with E-state index >= 15 is 0 Å². The van der Waals surface area contributed by atoms with Gasteiger partial charge < -0.3 is 4.98 Å². The summed E-state index contributed by atoms with van der Waals surface area (Å²) in [6, 6.07) is 11.4. The number of aromatic amines is 1. The van der Waals surface area contributed by atoms with E-state index in [-0.39, 0.29) is 5.56 Å². The number of pyridine rings is 1. The summed E-state index contributed by atoms with van der Waals surface area (Å²) in [5, 5.41) is 1.69. The lowest BCUT2D eigenvalue weighted by molar-refractivity contribution is 0.244.